The molecule has 0 saturated carbocycles. The highest BCUT2D eigenvalue weighted by Gasteiger charge is 2.21. The molecule has 0 aromatic carbocycles. The molecule has 0 saturated heterocycles. The second-order valence-electron chi connectivity index (χ2n) is 4.72. The molecule has 0 radical (unpaired) electrons. The van der Waals surface area contributed by atoms with Gasteiger partial charge in [-0.3, -0.25) is 0 Å². The fourth-order valence-corrected chi connectivity index (χ4v) is 1.53. The molecule has 1 aromatic rings. The summed E-state index contributed by atoms with van der Waals surface area (Å²) in [6, 6.07) is 0. The van der Waals surface area contributed by atoms with Gasteiger partial charge in [-0.15, -0.1) is 0 Å². The average Bonchev–Trinajstić information content (AvgIpc) is 2.39. The van der Waals surface area contributed by atoms with Gasteiger partial charge in [-0.2, -0.15) is 5.10 Å². The Hall–Kier alpha value is -1.23. The van der Waals surface area contributed by atoms with Gasteiger partial charge >= 0.3 is 0 Å². The topological polar surface area (TPSA) is 95.9 Å². The van der Waals surface area contributed by atoms with Crippen molar-refractivity contribution in [3.05, 3.63) is 5.56 Å². The van der Waals surface area contributed by atoms with Crippen LogP contribution in [0.1, 0.15) is 32.8 Å². The molecule has 0 unspecified atom stereocenters. The zero-order valence-corrected chi connectivity index (χ0v) is 9.75. The normalized spacial score (nSPS) is 12.0. The highest BCUT2D eigenvalue weighted by Crippen LogP contribution is 2.26. The monoisotopic (exact) mass is 211 g/mol. The first-order valence-corrected chi connectivity index (χ1v) is 5.21. The molecule has 86 valence electrons. The summed E-state index contributed by atoms with van der Waals surface area (Å²) in [4.78, 5) is 0. The van der Waals surface area contributed by atoms with E-state index in [9.17, 15) is 0 Å². The van der Waals surface area contributed by atoms with Gasteiger partial charge in [0.2, 0.25) is 0 Å². The van der Waals surface area contributed by atoms with Crippen molar-refractivity contribution >= 4 is 11.6 Å². The maximum atomic E-state index is 6.01. The Bertz CT molecular complexity index is 334. The lowest BCUT2D eigenvalue weighted by atomic mass is 10.1. The molecule has 0 aliphatic rings. The third-order valence-corrected chi connectivity index (χ3v) is 2.32. The van der Waals surface area contributed by atoms with Gasteiger partial charge in [0.25, 0.3) is 0 Å². The largest absolute Gasteiger partial charge is 0.384 e. The summed E-state index contributed by atoms with van der Waals surface area (Å²) in [5.41, 5.74) is 18.1. The van der Waals surface area contributed by atoms with Crippen molar-refractivity contribution in [2.24, 2.45) is 5.73 Å². The molecule has 1 aromatic heterocycles. The molecule has 5 nitrogen and oxygen atoms in total. The first-order chi connectivity index (χ1) is 6.88. The van der Waals surface area contributed by atoms with Crippen LogP contribution in [0.15, 0.2) is 0 Å². The Morgan fingerprint density at radius 3 is 2.27 bits per heavy atom. The number of nitrogens with zero attached hydrogens (tertiary/aromatic N) is 2. The Labute approximate surface area is 90.6 Å². The minimum Gasteiger partial charge on any atom is -0.384 e. The van der Waals surface area contributed by atoms with Gasteiger partial charge in [-0.05, 0) is 40.2 Å². The van der Waals surface area contributed by atoms with Crippen molar-refractivity contribution in [1.82, 2.24) is 9.78 Å². The second-order valence-corrected chi connectivity index (χ2v) is 4.72. The van der Waals surface area contributed by atoms with Crippen LogP contribution in [0, 0.1) is 0 Å². The predicted octanol–water partition coefficient (Wildman–Crippen LogP) is 0.694. The predicted molar refractivity (Wildman–Crippen MR) is 63.4 cm³/mol. The van der Waals surface area contributed by atoms with Gasteiger partial charge in [0.05, 0.1) is 5.54 Å². The van der Waals surface area contributed by atoms with Crippen molar-refractivity contribution in [3.63, 3.8) is 0 Å². The van der Waals surface area contributed by atoms with Crippen LogP contribution in [-0.4, -0.2) is 16.3 Å². The minimum atomic E-state index is -0.140. The summed E-state index contributed by atoms with van der Waals surface area (Å²) in [6.07, 6.45) is 1.68. The van der Waals surface area contributed by atoms with Crippen LogP contribution in [0.5, 0.6) is 0 Å². The molecule has 1 rings (SSSR count). The number of aromatic nitrogens is 2. The number of nitrogens with two attached hydrogens (primary N) is 3. The van der Waals surface area contributed by atoms with Crippen molar-refractivity contribution in [3.8, 4) is 0 Å². The van der Waals surface area contributed by atoms with E-state index in [0.29, 0.717) is 18.2 Å². The van der Waals surface area contributed by atoms with Crippen LogP contribution in [0.25, 0.3) is 0 Å². The van der Waals surface area contributed by atoms with Crippen LogP contribution < -0.4 is 17.2 Å². The zero-order chi connectivity index (χ0) is 11.6. The van der Waals surface area contributed by atoms with Crippen LogP contribution in [-0.2, 0) is 12.0 Å². The smallest absolute Gasteiger partial charge is 0.150 e. The Kier molecular flexibility index (Phi) is 3.24. The molecule has 0 spiro atoms. The van der Waals surface area contributed by atoms with E-state index < -0.39 is 0 Å². The molecule has 0 aliphatic heterocycles. The van der Waals surface area contributed by atoms with E-state index in [1.807, 2.05) is 20.8 Å². The first kappa shape index (κ1) is 11.8. The fraction of sp³-hybridized carbons (Fsp3) is 0.700. The molecule has 0 atom stereocenters. The van der Waals surface area contributed by atoms with E-state index in [4.69, 9.17) is 17.2 Å². The van der Waals surface area contributed by atoms with Gasteiger partial charge in [-0.25, -0.2) is 4.68 Å². The van der Waals surface area contributed by atoms with Gasteiger partial charge in [0.1, 0.15) is 5.82 Å². The molecule has 15 heavy (non-hydrogen) atoms. The molecular formula is C10H21N5. The SMILES string of the molecule is CC(C)(C)n1nc(N)c(CCCN)c1N. The van der Waals surface area contributed by atoms with Crippen LogP contribution in [0.3, 0.4) is 0 Å². The van der Waals surface area contributed by atoms with Crippen LogP contribution in [0.2, 0.25) is 0 Å². The molecule has 5 heteroatoms. The lowest BCUT2D eigenvalue weighted by molar-refractivity contribution is 0.362. The number of hydrogen-bond donors (Lipinski definition) is 3. The molecule has 0 bridgehead atoms. The van der Waals surface area contributed by atoms with Crippen molar-refractivity contribution in [2.75, 3.05) is 18.0 Å². The van der Waals surface area contributed by atoms with Gasteiger partial charge < -0.3 is 17.2 Å². The Morgan fingerprint density at radius 2 is 1.87 bits per heavy atom. The molecule has 0 amide bonds. The number of anilines is 2. The fourth-order valence-electron chi connectivity index (χ4n) is 1.53. The summed E-state index contributed by atoms with van der Waals surface area (Å²) in [7, 11) is 0. The third-order valence-electron chi connectivity index (χ3n) is 2.32. The zero-order valence-electron chi connectivity index (χ0n) is 9.75. The molecule has 0 aliphatic carbocycles. The van der Waals surface area contributed by atoms with Crippen LogP contribution in [0.4, 0.5) is 11.6 Å². The van der Waals surface area contributed by atoms with E-state index in [1.54, 1.807) is 4.68 Å². The summed E-state index contributed by atoms with van der Waals surface area (Å²) in [5, 5.41) is 4.26. The summed E-state index contributed by atoms with van der Waals surface area (Å²) in [6.45, 7) is 6.77. The van der Waals surface area contributed by atoms with Gasteiger partial charge in [0, 0.05) is 5.56 Å². The van der Waals surface area contributed by atoms with E-state index in [1.165, 1.54) is 0 Å². The third kappa shape index (κ3) is 2.41. The highest BCUT2D eigenvalue weighted by molar-refractivity contribution is 5.54. The molecular weight excluding hydrogens is 190 g/mol. The maximum absolute atomic E-state index is 6.01. The first-order valence-electron chi connectivity index (χ1n) is 5.21. The average molecular weight is 211 g/mol. The van der Waals surface area contributed by atoms with Crippen molar-refractivity contribution < 1.29 is 0 Å². The lowest BCUT2D eigenvalue weighted by Crippen LogP contribution is -2.25. The quantitative estimate of drug-likeness (QED) is 0.685. The Balaban J connectivity index is 3.04. The minimum absolute atomic E-state index is 0.140. The summed E-state index contributed by atoms with van der Waals surface area (Å²) >= 11 is 0. The number of hydrogen-bond acceptors (Lipinski definition) is 4. The summed E-state index contributed by atoms with van der Waals surface area (Å²) in [5.74, 6) is 1.18. The number of rotatable bonds is 3. The second kappa shape index (κ2) is 4.10. The Morgan fingerprint density at radius 1 is 1.27 bits per heavy atom. The van der Waals surface area contributed by atoms with E-state index in [0.717, 1.165) is 18.4 Å². The summed E-state index contributed by atoms with van der Waals surface area (Å²) < 4.78 is 1.77. The van der Waals surface area contributed by atoms with Crippen LogP contribution >= 0.6 is 0 Å². The van der Waals surface area contributed by atoms with Gasteiger partial charge in [-0.1, -0.05) is 0 Å². The standard InChI is InChI=1S/C10H21N5/c1-10(2,3)15-9(13)7(5-4-6-11)8(12)14-15/h4-6,11,13H2,1-3H3,(H2,12,14). The van der Waals surface area contributed by atoms with Crippen molar-refractivity contribution in [1.29, 1.82) is 0 Å². The van der Waals surface area contributed by atoms with E-state index in [2.05, 4.69) is 5.10 Å². The highest BCUT2D eigenvalue weighted by atomic mass is 15.4. The molecule has 6 N–H and O–H groups in total. The van der Waals surface area contributed by atoms with E-state index >= 15 is 0 Å². The molecule has 1 heterocycles. The van der Waals surface area contributed by atoms with E-state index in [-0.39, 0.29) is 5.54 Å². The van der Waals surface area contributed by atoms with Crippen molar-refractivity contribution in [2.45, 2.75) is 39.2 Å². The maximum Gasteiger partial charge on any atom is 0.150 e. The lowest BCUT2D eigenvalue weighted by Gasteiger charge is -2.20. The number of nitrogen functional groups attached to an aromatic ring is 2. The molecule has 0 fully saturated rings. The van der Waals surface area contributed by atoms with Gasteiger partial charge in [0.15, 0.2) is 5.82 Å².